The first kappa shape index (κ1) is 10.9. The maximum Gasteiger partial charge on any atom is 0.336 e. The summed E-state index contributed by atoms with van der Waals surface area (Å²) in [6, 6.07) is 7.16. The fourth-order valence-corrected chi connectivity index (χ4v) is 2.02. The zero-order chi connectivity index (χ0) is 11.4. The molecule has 0 radical (unpaired) electrons. The van der Waals surface area contributed by atoms with E-state index in [2.05, 4.69) is 5.32 Å². The van der Waals surface area contributed by atoms with Crippen LogP contribution in [0.15, 0.2) is 36.5 Å². The summed E-state index contributed by atoms with van der Waals surface area (Å²) in [4.78, 5) is 11.8. The number of hydrogen-bond donors (Lipinski definition) is 1. The molecule has 1 aromatic rings. The normalized spacial score (nSPS) is 13.9. The molecule has 0 spiro atoms. The van der Waals surface area contributed by atoms with Crippen molar-refractivity contribution in [3.8, 4) is 5.75 Å². The number of amides is 2. The number of ether oxygens (including phenoxy) is 1. The summed E-state index contributed by atoms with van der Waals surface area (Å²) in [5, 5.41) is 2.79. The SMILES string of the molecule is COc1ccccc1NC(=O)N1C=CCS1. The Bertz CT molecular complexity index is 420. The van der Waals surface area contributed by atoms with Crippen LogP contribution in [0.25, 0.3) is 0 Å². The molecule has 0 aliphatic carbocycles. The van der Waals surface area contributed by atoms with E-state index >= 15 is 0 Å². The molecule has 1 aliphatic rings. The Labute approximate surface area is 98.4 Å². The highest BCUT2D eigenvalue weighted by Crippen LogP contribution is 2.25. The van der Waals surface area contributed by atoms with Gasteiger partial charge >= 0.3 is 6.03 Å². The van der Waals surface area contributed by atoms with Crippen LogP contribution in [0.4, 0.5) is 10.5 Å². The highest BCUT2D eigenvalue weighted by Gasteiger charge is 2.15. The van der Waals surface area contributed by atoms with Crippen LogP contribution in [0.1, 0.15) is 0 Å². The molecule has 0 aromatic heterocycles. The van der Waals surface area contributed by atoms with Crippen molar-refractivity contribution < 1.29 is 9.53 Å². The summed E-state index contributed by atoms with van der Waals surface area (Å²) in [5.41, 5.74) is 0.677. The minimum atomic E-state index is -0.164. The molecule has 5 heteroatoms. The van der Waals surface area contributed by atoms with Crippen LogP contribution in [-0.4, -0.2) is 23.2 Å². The van der Waals surface area contributed by atoms with Crippen LogP contribution in [0.2, 0.25) is 0 Å². The molecule has 84 valence electrons. The van der Waals surface area contributed by atoms with Crippen molar-refractivity contribution in [2.45, 2.75) is 0 Å². The summed E-state index contributed by atoms with van der Waals surface area (Å²) in [5.74, 6) is 1.49. The van der Waals surface area contributed by atoms with Gasteiger partial charge in [-0.25, -0.2) is 9.10 Å². The van der Waals surface area contributed by atoms with E-state index in [9.17, 15) is 4.79 Å². The number of benzene rings is 1. The first-order valence-electron chi connectivity index (χ1n) is 4.84. The Balaban J connectivity index is 2.08. The smallest absolute Gasteiger partial charge is 0.336 e. The number of nitrogens with zero attached hydrogens (tertiary/aromatic N) is 1. The van der Waals surface area contributed by atoms with Crippen LogP contribution in [0.5, 0.6) is 5.75 Å². The van der Waals surface area contributed by atoms with Gasteiger partial charge in [-0.15, -0.1) is 0 Å². The number of rotatable bonds is 2. The van der Waals surface area contributed by atoms with Crippen molar-refractivity contribution in [1.82, 2.24) is 4.31 Å². The third-order valence-electron chi connectivity index (χ3n) is 2.10. The Hall–Kier alpha value is -1.62. The number of carbonyl (C=O) groups is 1. The van der Waals surface area contributed by atoms with Gasteiger partial charge in [-0.05, 0) is 24.1 Å². The summed E-state index contributed by atoms with van der Waals surface area (Å²) in [6.07, 6.45) is 3.70. The monoisotopic (exact) mass is 236 g/mol. The number of carbonyl (C=O) groups excluding carboxylic acids is 1. The second-order valence-electron chi connectivity index (χ2n) is 3.14. The van der Waals surface area contributed by atoms with E-state index in [0.29, 0.717) is 11.4 Å². The van der Waals surface area contributed by atoms with Crippen LogP contribution in [-0.2, 0) is 0 Å². The van der Waals surface area contributed by atoms with Gasteiger partial charge in [0, 0.05) is 12.0 Å². The molecule has 2 rings (SSSR count). The van der Waals surface area contributed by atoms with Crippen LogP contribution in [0, 0.1) is 0 Å². The molecule has 0 fully saturated rings. The van der Waals surface area contributed by atoms with Crippen molar-refractivity contribution in [2.75, 3.05) is 18.2 Å². The van der Waals surface area contributed by atoms with Crippen LogP contribution >= 0.6 is 11.9 Å². The molecule has 0 atom stereocenters. The van der Waals surface area contributed by atoms with Gasteiger partial charge in [0.05, 0.1) is 12.8 Å². The van der Waals surface area contributed by atoms with Gasteiger partial charge in [0.1, 0.15) is 5.75 Å². The Morgan fingerprint density at radius 2 is 2.31 bits per heavy atom. The van der Waals surface area contributed by atoms with E-state index in [1.54, 1.807) is 23.7 Å². The van der Waals surface area contributed by atoms with Crippen molar-refractivity contribution in [2.24, 2.45) is 0 Å². The van der Waals surface area contributed by atoms with E-state index in [1.165, 1.54) is 11.9 Å². The number of nitrogens with one attached hydrogen (secondary N) is 1. The first-order chi connectivity index (χ1) is 7.81. The van der Waals surface area contributed by atoms with Gasteiger partial charge in [0.15, 0.2) is 0 Å². The van der Waals surface area contributed by atoms with Crippen molar-refractivity contribution in [3.63, 3.8) is 0 Å². The molecule has 0 unspecified atom stereocenters. The standard InChI is InChI=1S/C11H12N2O2S/c1-15-10-6-3-2-5-9(10)12-11(14)13-7-4-8-16-13/h2-7H,8H2,1H3,(H,12,14). The van der Waals surface area contributed by atoms with Crippen molar-refractivity contribution in [3.05, 3.63) is 36.5 Å². The molecule has 0 saturated heterocycles. The third-order valence-corrected chi connectivity index (χ3v) is 3.01. The van der Waals surface area contributed by atoms with E-state index in [-0.39, 0.29) is 6.03 Å². The zero-order valence-electron chi connectivity index (χ0n) is 8.84. The summed E-state index contributed by atoms with van der Waals surface area (Å²) in [7, 11) is 1.58. The number of anilines is 1. The van der Waals surface area contributed by atoms with E-state index < -0.39 is 0 Å². The molecule has 16 heavy (non-hydrogen) atoms. The second-order valence-corrected chi connectivity index (χ2v) is 4.12. The predicted octanol–water partition coefficient (Wildman–Crippen LogP) is 2.70. The minimum absolute atomic E-state index is 0.164. The Morgan fingerprint density at radius 3 is 3.00 bits per heavy atom. The van der Waals surface area contributed by atoms with E-state index in [1.807, 2.05) is 24.3 Å². The third kappa shape index (κ3) is 2.30. The lowest BCUT2D eigenvalue weighted by Crippen LogP contribution is -2.23. The lowest BCUT2D eigenvalue weighted by atomic mass is 10.3. The average molecular weight is 236 g/mol. The quantitative estimate of drug-likeness (QED) is 0.803. The zero-order valence-corrected chi connectivity index (χ0v) is 9.66. The average Bonchev–Trinajstić information content (AvgIpc) is 2.83. The van der Waals surface area contributed by atoms with Gasteiger partial charge in [-0.3, -0.25) is 0 Å². The summed E-state index contributed by atoms with van der Waals surface area (Å²) < 4.78 is 6.71. The number of para-hydroxylation sites is 2. The van der Waals surface area contributed by atoms with Crippen molar-refractivity contribution >= 4 is 23.7 Å². The molecule has 1 N–H and O–H groups in total. The molecule has 0 saturated carbocycles. The Kier molecular flexibility index (Phi) is 3.36. The maximum atomic E-state index is 11.8. The van der Waals surface area contributed by atoms with Crippen molar-refractivity contribution in [1.29, 1.82) is 0 Å². The molecular formula is C11H12N2O2S. The molecule has 1 aliphatic heterocycles. The second kappa shape index (κ2) is 4.94. The highest BCUT2D eigenvalue weighted by atomic mass is 32.2. The van der Waals surface area contributed by atoms with Gasteiger partial charge in [0.2, 0.25) is 0 Å². The predicted molar refractivity (Wildman–Crippen MR) is 65.4 cm³/mol. The van der Waals surface area contributed by atoms with E-state index in [4.69, 9.17) is 4.74 Å². The minimum Gasteiger partial charge on any atom is -0.495 e. The maximum absolute atomic E-state index is 11.8. The summed E-state index contributed by atoms with van der Waals surface area (Å²) in [6.45, 7) is 0. The molecule has 4 nitrogen and oxygen atoms in total. The highest BCUT2D eigenvalue weighted by molar-refractivity contribution is 7.98. The van der Waals surface area contributed by atoms with Crippen LogP contribution < -0.4 is 10.1 Å². The fraction of sp³-hybridized carbons (Fsp3) is 0.182. The lowest BCUT2D eigenvalue weighted by molar-refractivity contribution is 0.245. The van der Waals surface area contributed by atoms with Gasteiger partial charge in [0.25, 0.3) is 0 Å². The van der Waals surface area contributed by atoms with E-state index in [0.717, 1.165) is 5.75 Å². The molecule has 1 aromatic carbocycles. The van der Waals surface area contributed by atoms with Gasteiger partial charge < -0.3 is 10.1 Å². The fourth-order valence-electron chi connectivity index (χ4n) is 1.35. The Morgan fingerprint density at radius 1 is 1.50 bits per heavy atom. The number of hydrogen-bond acceptors (Lipinski definition) is 3. The molecule has 1 heterocycles. The molecular weight excluding hydrogens is 224 g/mol. The van der Waals surface area contributed by atoms with Gasteiger partial charge in [-0.2, -0.15) is 0 Å². The molecule has 2 amide bonds. The van der Waals surface area contributed by atoms with Gasteiger partial charge in [-0.1, -0.05) is 18.2 Å². The molecule has 0 bridgehead atoms. The summed E-state index contributed by atoms with van der Waals surface area (Å²) >= 11 is 1.45. The lowest BCUT2D eigenvalue weighted by Gasteiger charge is -2.14. The number of methoxy groups -OCH3 is 1. The topological polar surface area (TPSA) is 41.6 Å². The number of urea groups is 1. The largest absolute Gasteiger partial charge is 0.495 e. The first-order valence-corrected chi connectivity index (χ1v) is 5.78. The van der Waals surface area contributed by atoms with Crippen LogP contribution in [0.3, 0.4) is 0 Å².